The first kappa shape index (κ1) is 19.7. The molecule has 0 aliphatic carbocycles. The van der Waals surface area contributed by atoms with E-state index in [1.54, 1.807) is 26.0 Å². The Morgan fingerprint density at radius 2 is 1.96 bits per heavy atom. The normalized spacial score (nSPS) is 11.8. The molecule has 0 aromatic heterocycles. The van der Waals surface area contributed by atoms with Gasteiger partial charge >= 0.3 is 11.9 Å². The number of hydrogen-bond acceptors (Lipinski definition) is 4. The van der Waals surface area contributed by atoms with Gasteiger partial charge in [-0.25, -0.2) is 4.39 Å². The number of ether oxygens (including phenoxy) is 2. The molecule has 1 aromatic carbocycles. The largest absolute Gasteiger partial charge is 0.466 e. The molecule has 6 heteroatoms. The highest BCUT2D eigenvalue weighted by Gasteiger charge is 2.25. The van der Waals surface area contributed by atoms with Gasteiger partial charge in [-0.3, -0.25) is 9.59 Å². The topological polar surface area (TPSA) is 52.6 Å². The number of carbonyl (C=O) groups excluding carboxylic acids is 2. The number of hydrogen-bond donors (Lipinski definition) is 0. The van der Waals surface area contributed by atoms with Crippen LogP contribution in [0.1, 0.15) is 44.6 Å². The van der Waals surface area contributed by atoms with E-state index in [9.17, 15) is 14.0 Å². The van der Waals surface area contributed by atoms with Crippen molar-refractivity contribution >= 4 is 37.2 Å². The first-order chi connectivity index (χ1) is 11.0. The van der Waals surface area contributed by atoms with Crippen molar-refractivity contribution in [1.82, 2.24) is 0 Å². The molecule has 0 aliphatic heterocycles. The molecule has 1 unspecified atom stereocenters. The van der Waals surface area contributed by atoms with Gasteiger partial charge in [-0.1, -0.05) is 31.3 Å². The van der Waals surface area contributed by atoms with Crippen molar-refractivity contribution in [2.75, 3.05) is 13.2 Å². The number of rotatable bonds is 9. The molecule has 0 fully saturated rings. The van der Waals surface area contributed by atoms with Crippen LogP contribution in [0.15, 0.2) is 18.2 Å². The van der Waals surface area contributed by atoms with Crippen molar-refractivity contribution in [3.8, 4) is 0 Å². The second-order valence-electron chi connectivity index (χ2n) is 4.80. The smallest absolute Gasteiger partial charge is 0.313 e. The van der Waals surface area contributed by atoms with E-state index in [4.69, 9.17) is 9.47 Å². The highest BCUT2D eigenvalue weighted by Crippen LogP contribution is 2.28. The Morgan fingerprint density at radius 3 is 2.52 bits per heavy atom. The lowest BCUT2D eigenvalue weighted by Crippen LogP contribution is -2.18. The van der Waals surface area contributed by atoms with Crippen LogP contribution in [0, 0.1) is 9.39 Å². The van der Waals surface area contributed by atoms with Gasteiger partial charge in [0.25, 0.3) is 0 Å². The van der Waals surface area contributed by atoms with E-state index in [0.717, 1.165) is 3.57 Å². The summed E-state index contributed by atoms with van der Waals surface area (Å²) in [4.78, 5) is 23.5. The average molecular weight is 436 g/mol. The molecule has 0 saturated carbocycles. The van der Waals surface area contributed by atoms with Gasteiger partial charge in [0, 0.05) is 15.6 Å². The minimum atomic E-state index is -0.707. The second kappa shape index (κ2) is 10.5. The van der Waals surface area contributed by atoms with E-state index >= 15 is 0 Å². The quantitative estimate of drug-likeness (QED) is 0.437. The Balaban J connectivity index is 2.86. The molecular formula is C17H22FIO4. The molecule has 1 rings (SSSR count). The van der Waals surface area contributed by atoms with Gasteiger partial charge < -0.3 is 9.47 Å². The summed E-state index contributed by atoms with van der Waals surface area (Å²) in [5.41, 5.74) is 0.313. The van der Waals surface area contributed by atoms with Crippen molar-refractivity contribution in [2.45, 2.75) is 39.0 Å². The van der Waals surface area contributed by atoms with Gasteiger partial charge in [-0.2, -0.15) is 0 Å². The minimum Gasteiger partial charge on any atom is -0.466 e. The molecule has 1 aromatic rings. The zero-order chi connectivity index (χ0) is 17.2. The van der Waals surface area contributed by atoms with Gasteiger partial charge in [0.05, 0.1) is 19.1 Å². The fraction of sp³-hybridized carbons (Fsp3) is 0.471. The van der Waals surface area contributed by atoms with Crippen LogP contribution in [0.5, 0.6) is 0 Å². The number of halogens is 2. The van der Waals surface area contributed by atoms with Crippen molar-refractivity contribution in [1.29, 1.82) is 0 Å². The zero-order valence-electron chi connectivity index (χ0n) is 13.4. The predicted molar refractivity (Wildman–Crippen MR) is 96.1 cm³/mol. The summed E-state index contributed by atoms with van der Waals surface area (Å²) in [5, 5.41) is 0. The molecule has 128 valence electrons. The Hall–Kier alpha value is -1.31. The third-order valence-electron chi connectivity index (χ3n) is 3.24. The highest BCUT2D eigenvalue weighted by molar-refractivity contribution is 14.2. The molecule has 0 N–H and O–H groups in total. The lowest BCUT2D eigenvalue weighted by atomic mass is 9.93. The maximum atomic E-state index is 14.3. The predicted octanol–water partition coefficient (Wildman–Crippen LogP) is 3.78. The summed E-state index contributed by atoms with van der Waals surface area (Å²) >= 11 is -0.455. The average Bonchev–Trinajstić information content (AvgIpc) is 2.52. The fourth-order valence-electron chi connectivity index (χ4n) is 2.19. The van der Waals surface area contributed by atoms with Crippen molar-refractivity contribution < 1.29 is 23.5 Å². The molecule has 0 aliphatic rings. The molecule has 23 heavy (non-hydrogen) atoms. The summed E-state index contributed by atoms with van der Waals surface area (Å²) in [6.07, 6.45) is 0.979. The van der Waals surface area contributed by atoms with E-state index in [1.807, 2.05) is 0 Å². The molecule has 4 nitrogen and oxygen atoms in total. The fourth-order valence-corrected chi connectivity index (χ4v) is 3.12. The standard InChI is InChI=1S/C17H22FIO4/c1-4-22-16(20)8-6-7-14(17(21)23-5-2)13-10-9-12(19-3)11-15(13)18/h9-11,14H,3-8H2,1-2H3. The molecule has 0 amide bonds. The van der Waals surface area contributed by atoms with Crippen LogP contribution in [-0.4, -0.2) is 29.7 Å². The van der Waals surface area contributed by atoms with Crippen LogP contribution in [0.2, 0.25) is 0 Å². The second-order valence-corrected chi connectivity index (χ2v) is 6.81. The Kier molecular flexibility index (Phi) is 8.98. The molecule has 1 atom stereocenters. The van der Waals surface area contributed by atoms with E-state index < -0.39 is 38.4 Å². The summed E-state index contributed by atoms with van der Waals surface area (Å²) in [6, 6.07) is 4.87. The molecule has 0 bridgehead atoms. The molecule has 0 radical (unpaired) electrons. The van der Waals surface area contributed by atoms with Crippen molar-refractivity contribution in [3.05, 3.63) is 33.1 Å². The van der Waals surface area contributed by atoms with Gasteiger partial charge in [-0.05, 0) is 38.8 Å². The van der Waals surface area contributed by atoms with Gasteiger partial charge in [-0.15, -0.1) is 0 Å². The summed E-state index contributed by atoms with van der Waals surface area (Å²) in [6.45, 7) is 4.00. The molecular weight excluding hydrogens is 414 g/mol. The third-order valence-corrected chi connectivity index (χ3v) is 4.79. The lowest BCUT2D eigenvalue weighted by Gasteiger charge is -2.17. The van der Waals surface area contributed by atoms with E-state index in [-0.39, 0.29) is 19.0 Å². The lowest BCUT2D eigenvalue weighted by molar-refractivity contribution is -0.146. The summed E-state index contributed by atoms with van der Waals surface area (Å²) in [5.74, 6) is -1.90. The molecule has 0 spiro atoms. The van der Waals surface area contributed by atoms with Gasteiger partial charge in [0.1, 0.15) is 5.82 Å². The first-order valence-corrected chi connectivity index (χ1v) is 10.1. The molecule has 0 saturated heterocycles. The first-order valence-electron chi connectivity index (χ1n) is 7.53. The summed E-state index contributed by atoms with van der Waals surface area (Å²) in [7, 11) is 0. The Labute approximate surface area is 146 Å². The number of esters is 2. The Morgan fingerprint density at radius 1 is 1.26 bits per heavy atom. The summed E-state index contributed by atoms with van der Waals surface area (Å²) < 4.78 is 28.9. The van der Waals surface area contributed by atoms with Crippen LogP contribution in [-0.2, 0) is 19.1 Å². The SMILES string of the molecule is C=Ic1ccc(C(CCCC(=O)OCC)C(=O)OCC)c(F)c1. The maximum absolute atomic E-state index is 14.3. The van der Waals surface area contributed by atoms with Crippen LogP contribution < -0.4 is 0 Å². The minimum absolute atomic E-state index is 0.202. The molecule has 0 heterocycles. The van der Waals surface area contributed by atoms with Crippen molar-refractivity contribution in [2.24, 2.45) is 0 Å². The van der Waals surface area contributed by atoms with E-state index in [2.05, 4.69) is 4.51 Å². The maximum Gasteiger partial charge on any atom is 0.313 e. The number of benzene rings is 1. The van der Waals surface area contributed by atoms with Crippen LogP contribution in [0.25, 0.3) is 0 Å². The van der Waals surface area contributed by atoms with Crippen molar-refractivity contribution in [3.63, 3.8) is 0 Å². The van der Waals surface area contributed by atoms with E-state index in [0.29, 0.717) is 25.0 Å². The Bertz CT molecular complexity index is 560. The van der Waals surface area contributed by atoms with Crippen LogP contribution in [0.4, 0.5) is 4.39 Å². The zero-order valence-corrected chi connectivity index (χ0v) is 15.6. The van der Waals surface area contributed by atoms with Gasteiger partial charge in [0.2, 0.25) is 0 Å². The van der Waals surface area contributed by atoms with Gasteiger partial charge in [0.15, 0.2) is 0 Å². The monoisotopic (exact) mass is 436 g/mol. The van der Waals surface area contributed by atoms with E-state index in [1.165, 1.54) is 6.07 Å². The highest BCUT2D eigenvalue weighted by atomic mass is 127. The van der Waals surface area contributed by atoms with Crippen LogP contribution in [0.3, 0.4) is 0 Å². The van der Waals surface area contributed by atoms with Crippen LogP contribution >= 0.6 is 20.7 Å². The third kappa shape index (κ3) is 6.37. The number of carbonyl (C=O) groups is 2.